The van der Waals surface area contributed by atoms with Crippen LogP contribution in [0.15, 0.2) is 53.3 Å². The molecule has 1 aromatic carbocycles. The fourth-order valence-electron chi connectivity index (χ4n) is 4.36. The van der Waals surface area contributed by atoms with Crippen LogP contribution in [0.1, 0.15) is 19.1 Å². The van der Waals surface area contributed by atoms with Crippen molar-refractivity contribution in [2.45, 2.75) is 19.8 Å². The van der Waals surface area contributed by atoms with Gasteiger partial charge in [-0.2, -0.15) is 5.10 Å². The Kier molecular flexibility index (Phi) is 5.24. The summed E-state index contributed by atoms with van der Waals surface area (Å²) >= 11 is 0. The van der Waals surface area contributed by atoms with Gasteiger partial charge in [0.2, 0.25) is 0 Å². The molecule has 4 aromatic rings. The number of aryl methyl sites for hydroxylation is 2. The molecule has 0 spiro atoms. The Hall–Kier alpha value is -3.12. The van der Waals surface area contributed by atoms with Gasteiger partial charge in [-0.1, -0.05) is 19.1 Å². The van der Waals surface area contributed by atoms with E-state index >= 15 is 0 Å². The molecule has 1 fully saturated rings. The molecule has 1 aliphatic heterocycles. The van der Waals surface area contributed by atoms with Crippen molar-refractivity contribution in [1.82, 2.24) is 19.7 Å². The molecular formula is C25H29N5O. The molecule has 4 heterocycles. The lowest BCUT2D eigenvalue weighted by Gasteiger charge is -2.34. The first-order valence-electron chi connectivity index (χ1n) is 11.1. The van der Waals surface area contributed by atoms with Crippen LogP contribution in [0.2, 0.25) is 0 Å². The van der Waals surface area contributed by atoms with Crippen molar-refractivity contribution in [2.24, 2.45) is 7.05 Å². The van der Waals surface area contributed by atoms with Gasteiger partial charge < -0.3 is 14.2 Å². The van der Waals surface area contributed by atoms with Gasteiger partial charge in [-0.05, 0) is 37.2 Å². The molecule has 5 rings (SSSR count). The van der Waals surface area contributed by atoms with E-state index in [4.69, 9.17) is 9.40 Å². The SMILES string of the molecule is CCCc1oc2cc(-c3ccc(N4CCN(C)CC4)cc3)cnc2c1-c1cnn(C)c1. The van der Waals surface area contributed by atoms with E-state index in [0.717, 1.165) is 78.1 Å². The molecule has 6 heteroatoms. The van der Waals surface area contributed by atoms with Crippen LogP contribution in [0.4, 0.5) is 5.69 Å². The Labute approximate surface area is 183 Å². The number of anilines is 1. The Morgan fingerprint density at radius 2 is 1.71 bits per heavy atom. The second-order valence-corrected chi connectivity index (χ2v) is 8.46. The number of rotatable bonds is 5. The summed E-state index contributed by atoms with van der Waals surface area (Å²) in [5, 5.41) is 4.34. The van der Waals surface area contributed by atoms with Gasteiger partial charge in [0.15, 0.2) is 5.58 Å². The second kappa shape index (κ2) is 8.19. The van der Waals surface area contributed by atoms with Gasteiger partial charge in [0, 0.05) is 68.9 Å². The van der Waals surface area contributed by atoms with Crippen LogP contribution in [-0.2, 0) is 13.5 Å². The first-order chi connectivity index (χ1) is 15.1. The molecule has 0 amide bonds. The Morgan fingerprint density at radius 3 is 2.39 bits per heavy atom. The third-order valence-electron chi connectivity index (χ3n) is 6.14. The van der Waals surface area contributed by atoms with E-state index in [2.05, 4.69) is 59.2 Å². The molecule has 160 valence electrons. The second-order valence-electron chi connectivity index (χ2n) is 8.46. The van der Waals surface area contributed by atoms with Crippen molar-refractivity contribution >= 4 is 16.8 Å². The normalized spacial score (nSPS) is 15.1. The van der Waals surface area contributed by atoms with Gasteiger partial charge in [-0.3, -0.25) is 9.67 Å². The van der Waals surface area contributed by atoms with Crippen LogP contribution >= 0.6 is 0 Å². The summed E-state index contributed by atoms with van der Waals surface area (Å²) < 4.78 is 8.10. The zero-order valence-corrected chi connectivity index (χ0v) is 18.5. The molecule has 0 atom stereocenters. The third kappa shape index (κ3) is 3.83. The maximum atomic E-state index is 6.28. The molecule has 6 nitrogen and oxygen atoms in total. The van der Waals surface area contributed by atoms with Crippen LogP contribution in [0.25, 0.3) is 33.4 Å². The van der Waals surface area contributed by atoms with E-state index in [1.165, 1.54) is 5.69 Å². The van der Waals surface area contributed by atoms with Gasteiger partial charge in [-0.25, -0.2) is 0 Å². The highest BCUT2D eigenvalue weighted by Gasteiger charge is 2.19. The molecule has 0 radical (unpaired) electrons. The first kappa shape index (κ1) is 19.8. The highest BCUT2D eigenvalue weighted by atomic mass is 16.3. The number of benzene rings is 1. The molecule has 0 saturated carbocycles. The molecule has 3 aromatic heterocycles. The van der Waals surface area contributed by atoms with E-state index in [1.807, 2.05) is 30.3 Å². The van der Waals surface area contributed by atoms with E-state index in [9.17, 15) is 0 Å². The van der Waals surface area contributed by atoms with Crippen LogP contribution in [0, 0.1) is 0 Å². The molecule has 0 unspecified atom stereocenters. The van der Waals surface area contributed by atoms with Gasteiger partial charge in [0.05, 0.1) is 11.8 Å². The highest BCUT2D eigenvalue weighted by molar-refractivity contribution is 5.94. The largest absolute Gasteiger partial charge is 0.459 e. The standard InChI is InChI=1S/C25H29N5O/c1-4-5-22-24(20-16-27-29(3)17-20)25-23(31-22)14-19(15-26-25)18-6-8-21(9-7-18)30-12-10-28(2)11-13-30/h6-9,14-17H,4-5,10-13H2,1-3H3. The number of hydrogen-bond acceptors (Lipinski definition) is 5. The summed E-state index contributed by atoms with van der Waals surface area (Å²) in [5.41, 5.74) is 7.39. The van der Waals surface area contributed by atoms with Crippen molar-refractivity contribution in [3.63, 3.8) is 0 Å². The molecule has 0 aliphatic carbocycles. The van der Waals surface area contributed by atoms with Crippen molar-refractivity contribution < 1.29 is 4.42 Å². The van der Waals surface area contributed by atoms with Crippen LogP contribution in [0.3, 0.4) is 0 Å². The van der Waals surface area contributed by atoms with Gasteiger partial charge in [0.1, 0.15) is 11.3 Å². The van der Waals surface area contributed by atoms with Crippen LogP contribution in [0.5, 0.6) is 0 Å². The van der Waals surface area contributed by atoms with Crippen molar-refractivity contribution in [3.8, 4) is 22.3 Å². The summed E-state index contributed by atoms with van der Waals surface area (Å²) in [7, 11) is 4.12. The summed E-state index contributed by atoms with van der Waals surface area (Å²) in [6, 6.07) is 10.9. The van der Waals surface area contributed by atoms with E-state index in [0.29, 0.717) is 0 Å². The zero-order chi connectivity index (χ0) is 21.4. The maximum Gasteiger partial charge on any atom is 0.154 e. The molecule has 0 bridgehead atoms. The lowest BCUT2D eigenvalue weighted by atomic mass is 10.0. The predicted octanol–water partition coefficient (Wildman–Crippen LogP) is 4.60. The highest BCUT2D eigenvalue weighted by Crippen LogP contribution is 2.36. The minimum atomic E-state index is 0.836. The number of likely N-dealkylation sites (N-methyl/N-ethyl adjacent to an activating group) is 1. The molecule has 1 aliphatic rings. The first-order valence-corrected chi connectivity index (χ1v) is 11.1. The quantitative estimate of drug-likeness (QED) is 0.477. The lowest BCUT2D eigenvalue weighted by molar-refractivity contribution is 0.313. The van der Waals surface area contributed by atoms with Gasteiger partial charge in [0.25, 0.3) is 0 Å². The number of hydrogen-bond donors (Lipinski definition) is 0. The van der Waals surface area contributed by atoms with E-state index < -0.39 is 0 Å². The number of piperazine rings is 1. The minimum Gasteiger partial charge on any atom is -0.459 e. The summed E-state index contributed by atoms with van der Waals surface area (Å²) in [6.07, 6.45) is 7.77. The fraction of sp³-hybridized carbons (Fsp3) is 0.360. The summed E-state index contributed by atoms with van der Waals surface area (Å²) in [4.78, 5) is 9.65. The number of pyridine rings is 1. The summed E-state index contributed by atoms with van der Waals surface area (Å²) in [6.45, 7) is 6.54. The minimum absolute atomic E-state index is 0.836. The van der Waals surface area contributed by atoms with Crippen LogP contribution in [-0.4, -0.2) is 52.9 Å². The predicted molar refractivity (Wildman–Crippen MR) is 125 cm³/mol. The zero-order valence-electron chi connectivity index (χ0n) is 18.5. The Balaban J connectivity index is 1.47. The van der Waals surface area contributed by atoms with Gasteiger partial charge in [-0.15, -0.1) is 0 Å². The van der Waals surface area contributed by atoms with Crippen molar-refractivity contribution in [3.05, 3.63) is 54.7 Å². The average molecular weight is 416 g/mol. The molecule has 1 saturated heterocycles. The Bertz CT molecular complexity index is 1180. The summed E-state index contributed by atoms with van der Waals surface area (Å²) in [5.74, 6) is 0.987. The number of fused-ring (bicyclic) bond motifs is 1. The third-order valence-corrected chi connectivity index (χ3v) is 6.14. The maximum absolute atomic E-state index is 6.28. The van der Waals surface area contributed by atoms with E-state index in [-0.39, 0.29) is 0 Å². The van der Waals surface area contributed by atoms with E-state index in [1.54, 1.807) is 0 Å². The number of nitrogens with zero attached hydrogens (tertiary/aromatic N) is 5. The topological polar surface area (TPSA) is 50.3 Å². The van der Waals surface area contributed by atoms with Gasteiger partial charge >= 0.3 is 0 Å². The monoisotopic (exact) mass is 415 g/mol. The average Bonchev–Trinajstić information content (AvgIpc) is 3.37. The Morgan fingerprint density at radius 1 is 0.935 bits per heavy atom. The molecule has 31 heavy (non-hydrogen) atoms. The molecule has 0 N–H and O–H groups in total. The van der Waals surface area contributed by atoms with Crippen LogP contribution < -0.4 is 4.90 Å². The van der Waals surface area contributed by atoms with Crippen molar-refractivity contribution in [2.75, 3.05) is 38.1 Å². The smallest absolute Gasteiger partial charge is 0.154 e. The van der Waals surface area contributed by atoms with Crippen molar-refractivity contribution in [1.29, 1.82) is 0 Å². The number of furan rings is 1. The lowest BCUT2D eigenvalue weighted by Crippen LogP contribution is -2.44. The fourth-order valence-corrected chi connectivity index (χ4v) is 4.36. The number of aromatic nitrogens is 3. The molecular weight excluding hydrogens is 386 g/mol.